The van der Waals surface area contributed by atoms with Crippen molar-refractivity contribution in [2.24, 2.45) is 0 Å². The molecule has 140 valence electrons. The summed E-state index contributed by atoms with van der Waals surface area (Å²) in [5, 5.41) is 14.9. The zero-order chi connectivity index (χ0) is 19.9. The van der Waals surface area contributed by atoms with Gasteiger partial charge in [0.1, 0.15) is 29.2 Å². The van der Waals surface area contributed by atoms with Crippen molar-refractivity contribution in [1.29, 1.82) is 5.26 Å². The highest BCUT2D eigenvalue weighted by molar-refractivity contribution is 6.03. The lowest BCUT2D eigenvalue weighted by molar-refractivity contribution is 0.102. The first kappa shape index (κ1) is 19.0. The van der Waals surface area contributed by atoms with Crippen LogP contribution in [0, 0.1) is 24.1 Å². The molecule has 0 spiro atoms. The van der Waals surface area contributed by atoms with E-state index in [4.69, 9.17) is 5.26 Å². The summed E-state index contributed by atoms with van der Waals surface area (Å²) in [5.74, 6) is 0.210. The maximum absolute atomic E-state index is 13.7. The summed E-state index contributed by atoms with van der Waals surface area (Å²) in [6.45, 7) is 2.14. The van der Waals surface area contributed by atoms with Gasteiger partial charge in [0.2, 0.25) is 0 Å². The minimum Gasteiger partial charge on any atom is -0.370 e. The molecule has 2 aromatic carbocycles. The standard InChI is InChI=1S/C21H18FN5O/c1-14-25-19(21(28)27-18-9-5-3-7-16(18)13-23)12-20(26-14)24-11-10-15-6-2-4-8-17(15)22/h2-9,12H,10-11H2,1H3,(H,27,28)(H,24,25,26). The number of hydrogen-bond donors (Lipinski definition) is 2. The van der Waals surface area contributed by atoms with Crippen LogP contribution in [0.15, 0.2) is 54.6 Å². The maximum atomic E-state index is 13.7. The van der Waals surface area contributed by atoms with Crippen molar-refractivity contribution in [3.05, 3.63) is 83.1 Å². The summed E-state index contributed by atoms with van der Waals surface area (Å²) in [7, 11) is 0. The number of amides is 1. The molecule has 0 saturated heterocycles. The monoisotopic (exact) mass is 375 g/mol. The number of rotatable bonds is 6. The molecule has 1 heterocycles. The molecule has 0 aliphatic carbocycles. The average molecular weight is 375 g/mol. The number of carbonyl (C=O) groups is 1. The normalized spacial score (nSPS) is 10.2. The molecule has 0 bridgehead atoms. The number of carbonyl (C=O) groups excluding carboxylic acids is 1. The van der Waals surface area contributed by atoms with Gasteiger partial charge in [0.25, 0.3) is 5.91 Å². The fraction of sp³-hybridized carbons (Fsp3) is 0.143. The Labute approximate surface area is 162 Å². The Kier molecular flexibility index (Phi) is 5.92. The molecule has 0 aliphatic rings. The first-order chi connectivity index (χ1) is 13.6. The van der Waals surface area contributed by atoms with Gasteiger partial charge in [0, 0.05) is 12.6 Å². The Bertz CT molecular complexity index is 1040. The third-order valence-corrected chi connectivity index (χ3v) is 4.02. The second-order valence-electron chi connectivity index (χ2n) is 6.07. The molecule has 28 heavy (non-hydrogen) atoms. The lowest BCUT2D eigenvalue weighted by Crippen LogP contribution is -2.17. The number of para-hydroxylation sites is 1. The first-order valence-corrected chi connectivity index (χ1v) is 8.70. The molecular weight excluding hydrogens is 357 g/mol. The van der Waals surface area contributed by atoms with Gasteiger partial charge in [-0.05, 0) is 37.1 Å². The molecule has 0 unspecified atom stereocenters. The van der Waals surface area contributed by atoms with E-state index < -0.39 is 5.91 Å². The van der Waals surface area contributed by atoms with Crippen molar-refractivity contribution < 1.29 is 9.18 Å². The number of benzene rings is 2. The van der Waals surface area contributed by atoms with Crippen LogP contribution in [-0.2, 0) is 6.42 Å². The predicted molar refractivity (Wildman–Crippen MR) is 104 cm³/mol. The van der Waals surface area contributed by atoms with Crippen molar-refractivity contribution in [2.75, 3.05) is 17.2 Å². The van der Waals surface area contributed by atoms with Gasteiger partial charge in [-0.25, -0.2) is 14.4 Å². The fourth-order valence-corrected chi connectivity index (χ4v) is 2.68. The quantitative estimate of drug-likeness (QED) is 0.685. The van der Waals surface area contributed by atoms with Crippen LogP contribution in [0.25, 0.3) is 0 Å². The van der Waals surface area contributed by atoms with Gasteiger partial charge in [-0.1, -0.05) is 30.3 Å². The molecule has 7 heteroatoms. The topological polar surface area (TPSA) is 90.7 Å². The van der Waals surface area contributed by atoms with E-state index in [0.29, 0.717) is 41.4 Å². The maximum Gasteiger partial charge on any atom is 0.274 e. The van der Waals surface area contributed by atoms with Crippen LogP contribution in [0.5, 0.6) is 0 Å². The molecule has 3 aromatic rings. The summed E-state index contributed by atoms with van der Waals surface area (Å²) in [4.78, 5) is 21.0. The van der Waals surface area contributed by atoms with E-state index >= 15 is 0 Å². The summed E-state index contributed by atoms with van der Waals surface area (Å²) >= 11 is 0. The Morgan fingerprint density at radius 3 is 2.68 bits per heavy atom. The van der Waals surface area contributed by atoms with E-state index in [9.17, 15) is 9.18 Å². The molecule has 3 rings (SSSR count). The van der Waals surface area contributed by atoms with Gasteiger partial charge in [-0.2, -0.15) is 5.26 Å². The number of aromatic nitrogens is 2. The van der Waals surface area contributed by atoms with Crippen molar-refractivity contribution in [2.45, 2.75) is 13.3 Å². The number of nitrogens with zero attached hydrogens (tertiary/aromatic N) is 3. The Hall–Kier alpha value is -3.79. The third kappa shape index (κ3) is 4.68. The summed E-state index contributed by atoms with van der Waals surface area (Å²) < 4.78 is 13.7. The van der Waals surface area contributed by atoms with E-state index in [1.54, 1.807) is 49.4 Å². The molecule has 6 nitrogen and oxygen atoms in total. The highest BCUT2D eigenvalue weighted by atomic mass is 19.1. The van der Waals surface area contributed by atoms with E-state index in [1.807, 2.05) is 6.07 Å². The van der Waals surface area contributed by atoms with E-state index in [-0.39, 0.29) is 11.5 Å². The van der Waals surface area contributed by atoms with Crippen LogP contribution < -0.4 is 10.6 Å². The van der Waals surface area contributed by atoms with Gasteiger partial charge in [-0.3, -0.25) is 4.79 Å². The average Bonchev–Trinajstić information content (AvgIpc) is 2.69. The molecule has 0 aliphatic heterocycles. The van der Waals surface area contributed by atoms with Gasteiger partial charge in [-0.15, -0.1) is 0 Å². The number of nitriles is 1. The fourth-order valence-electron chi connectivity index (χ4n) is 2.68. The van der Waals surface area contributed by atoms with Crippen LogP contribution in [0.2, 0.25) is 0 Å². The molecule has 0 radical (unpaired) electrons. The lowest BCUT2D eigenvalue weighted by atomic mass is 10.1. The molecule has 0 saturated carbocycles. The van der Waals surface area contributed by atoms with Crippen LogP contribution in [-0.4, -0.2) is 22.4 Å². The summed E-state index contributed by atoms with van der Waals surface area (Å²) in [6.07, 6.45) is 0.479. The molecule has 0 atom stereocenters. The van der Waals surface area contributed by atoms with Crippen molar-refractivity contribution in [3.63, 3.8) is 0 Å². The van der Waals surface area contributed by atoms with Crippen molar-refractivity contribution in [1.82, 2.24) is 9.97 Å². The van der Waals surface area contributed by atoms with Crippen LogP contribution >= 0.6 is 0 Å². The Balaban J connectivity index is 1.69. The SMILES string of the molecule is Cc1nc(NCCc2ccccc2F)cc(C(=O)Nc2ccccc2C#N)n1. The van der Waals surface area contributed by atoms with E-state index in [2.05, 4.69) is 20.6 Å². The van der Waals surface area contributed by atoms with Crippen LogP contribution in [0.3, 0.4) is 0 Å². The smallest absolute Gasteiger partial charge is 0.274 e. The zero-order valence-corrected chi connectivity index (χ0v) is 15.2. The van der Waals surface area contributed by atoms with Gasteiger partial charge in [0.05, 0.1) is 11.3 Å². The zero-order valence-electron chi connectivity index (χ0n) is 15.2. The Morgan fingerprint density at radius 2 is 1.89 bits per heavy atom. The number of nitrogens with one attached hydrogen (secondary N) is 2. The van der Waals surface area contributed by atoms with E-state index in [1.165, 1.54) is 12.1 Å². The van der Waals surface area contributed by atoms with Crippen LogP contribution in [0.4, 0.5) is 15.9 Å². The number of halogens is 1. The van der Waals surface area contributed by atoms with Gasteiger partial charge < -0.3 is 10.6 Å². The first-order valence-electron chi connectivity index (χ1n) is 8.70. The van der Waals surface area contributed by atoms with E-state index in [0.717, 1.165) is 0 Å². The minimum absolute atomic E-state index is 0.175. The van der Waals surface area contributed by atoms with Crippen molar-refractivity contribution >= 4 is 17.4 Å². The molecular formula is C21H18FN5O. The van der Waals surface area contributed by atoms with Gasteiger partial charge in [0.15, 0.2) is 0 Å². The summed E-state index contributed by atoms with van der Waals surface area (Å²) in [5.41, 5.74) is 1.56. The number of anilines is 2. The predicted octanol–water partition coefficient (Wildman–Crippen LogP) is 3.70. The van der Waals surface area contributed by atoms with Crippen molar-refractivity contribution in [3.8, 4) is 6.07 Å². The Morgan fingerprint density at radius 1 is 1.14 bits per heavy atom. The van der Waals surface area contributed by atoms with Crippen LogP contribution in [0.1, 0.15) is 27.4 Å². The largest absolute Gasteiger partial charge is 0.370 e. The lowest BCUT2D eigenvalue weighted by Gasteiger charge is -2.10. The summed E-state index contributed by atoms with van der Waals surface area (Å²) in [6, 6.07) is 16.9. The molecule has 2 N–H and O–H groups in total. The molecule has 1 amide bonds. The second-order valence-corrected chi connectivity index (χ2v) is 6.07. The second kappa shape index (κ2) is 8.73. The third-order valence-electron chi connectivity index (χ3n) is 4.02. The highest BCUT2D eigenvalue weighted by Crippen LogP contribution is 2.16. The highest BCUT2D eigenvalue weighted by Gasteiger charge is 2.13. The molecule has 1 aromatic heterocycles. The number of aryl methyl sites for hydroxylation is 1. The molecule has 0 fully saturated rings. The van der Waals surface area contributed by atoms with Gasteiger partial charge >= 0.3 is 0 Å². The number of hydrogen-bond acceptors (Lipinski definition) is 5. The minimum atomic E-state index is -0.439.